The van der Waals surface area contributed by atoms with Crippen LogP contribution in [-0.4, -0.2) is 42.1 Å². The number of amides is 3. The second kappa shape index (κ2) is 8.24. The molecule has 3 N–H and O–H groups in total. The molecule has 0 bridgehead atoms. The molecular formula is C17H24ClN3O3. The van der Waals surface area contributed by atoms with Gasteiger partial charge in [-0.05, 0) is 30.2 Å². The largest absolute Gasteiger partial charge is 0.490 e. The zero-order valence-corrected chi connectivity index (χ0v) is 14.8. The SMILES string of the molecule is CC(C)[C@@H](NC(N)=O)C(=O)N1CCC(Oc2ccc(Cl)cc2)CC1. The van der Waals surface area contributed by atoms with Gasteiger partial charge in [0.05, 0.1) is 0 Å². The minimum atomic E-state index is -0.678. The van der Waals surface area contributed by atoms with Gasteiger partial charge in [0.25, 0.3) is 0 Å². The van der Waals surface area contributed by atoms with E-state index in [1.807, 2.05) is 26.0 Å². The number of urea groups is 1. The molecule has 0 aliphatic carbocycles. The van der Waals surface area contributed by atoms with E-state index in [1.54, 1.807) is 17.0 Å². The van der Waals surface area contributed by atoms with E-state index in [0.29, 0.717) is 18.1 Å². The molecule has 6 nitrogen and oxygen atoms in total. The van der Waals surface area contributed by atoms with Crippen LogP contribution in [-0.2, 0) is 4.79 Å². The number of carbonyl (C=O) groups is 2. The number of piperidine rings is 1. The highest BCUT2D eigenvalue weighted by Crippen LogP contribution is 2.21. The molecule has 132 valence electrons. The molecule has 1 atom stereocenters. The number of ether oxygens (including phenoxy) is 1. The maximum absolute atomic E-state index is 12.6. The Morgan fingerprint density at radius 2 is 1.83 bits per heavy atom. The average Bonchev–Trinajstić information content (AvgIpc) is 2.54. The molecule has 1 fully saturated rings. The number of nitrogens with zero attached hydrogens (tertiary/aromatic N) is 1. The van der Waals surface area contributed by atoms with Gasteiger partial charge in [-0.3, -0.25) is 4.79 Å². The predicted molar refractivity (Wildman–Crippen MR) is 93.0 cm³/mol. The van der Waals surface area contributed by atoms with Crippen molar-refractivity contribution in [3.05, 3.63) is 29.3 Å². The molecule has 1 aromatic rings. The van der Waals surface area contributed by atoms with Crippen LogP contribution in [0.15, 0.2) is 24.3 Å². The van der Waals surface area contributed by atoms with Gasteiger partial charge in [0.2, 0.25) is 5.91 Å². The van der Waals surface area contributed by atoms with Gasteiger partial charge in [0, 0.05) is 31.0 Å². The molecule has 3 amide bonds. The van der Waals surface area contributed by atoms with Crippen LogP contribution in [0.4, 0.5) is 4.79 Å². The highest BCUT2D eigenvalue weighted by molar-refractivity contribution is 6.30. The first-order valence-electron chi connectivity index (χ1n) is 8.14. The van der Waals surface area contributed by atoms with Crippen LogP contribution < -0.4 is 15.8 Å². The smallest absolute Gasteiger partial charge is 0.312 e. The number of hydrogen-bond acceptors (Lipinski definition) is 3. The molecule has 1 aliphatic heterocycles. The summed E-state index contributed by atoms with van der Waals surface area (Å²) in [5, 5.41) is 3.21. The Labute approximate surface area is 147 Å². The third kappa shape index (κ3) is 5.03. The van der Waals surface area contributed by atoms with Crippen molar-refractivity contribution < 1.29 is 14.3 Å². The van der Waals surface area contributed by atoms with Crippen molar-refractivity contribution in [1.82, 2.24) is 10.2 Å². The third-order valence-corrected chi connectivity index (χ3v) is 4.35. The van der Waals surface area contributed by atoms with Gasteiger partial charge >= 0.3 is 6.03 Å². The first kappa shape index (κ1) is 18.4. The molecule has 1 aliphatic rings. The maximum Gasteiger partial charge on any atom is 0.312 e. The second-order valence-electron chi connectivity index (χ2n) is 6.33. The summed E-state index contributed by atoms with van der Waals surface area (Å²) in [5.74, 6) is 0.668. The molecule has 0 unspecified atom stereocenters. The molecule has 1 heterocycles. The highest BCUT2D eigenvalue weighted by Gasteiger charge is 2.31. The van der Waals surface area contributed by atoms with Crippen LogP contribution in [0.5, 0.6) is 5.75 Å². The van der Waals surface area contributed by atoms with Crippen molar-refractivity contribution >= 4 is 23.5 Å². The molecular weight excluding hydrogens is 330 g/mol. The quantitative estimate of drug-likeness (QED) is 0.852. The Hall–Kier alpha value is -1.95. The number of halogens is 1. The molecule has 0 spiro atoms. The van der Waals surface area contributed by atoms with E-state index in [0.717, 1.165) is 18.6 Å². The topological polar surface area (TPSA) is 84.7 Å². The average molecular weight is 354 g/mol. The van der Waals surface area contributed by atoms with Crippen molar-refractivity contribution in [1.29, 1.82) is 0 Å². The molecule has 1 saturated heterocycles. The summed E-state index contributed by atoms with van der Waals surface area (Å²) >= 11 is 5.86. The minimum absolute atomic E-state index is 0.0203. The highest BCUT2D eigenvalue weighted by atomic mass is 35.5. The van der Waals surface area contributed by atoms with Gasteiger partial charge in [-0.15, -0.1) is 0 Å². The first-order chi connectivity index (χ1) is 11.4. The van der Waals surface area contributed by atoms with Crippen LogP contribution in [0.2, 0.25) is 5.02 Å². The molecule has 0 radical (unpaired) electrons. The van der Waals surface area contributed by atoms with Gasteiger partial charge in [-0.25, -0.2) is 4.79 Å². The zero-order chi connectivity index (χ0) is 17.7. The summed E-state index contributed by atoms with van der Waals surface area (Å²) in [6, 6.07) is 5.99. The molecule has 2 rings (SSSR count). The Bertz CT molecular complexity index is 569. The lowest BCUT2D eigenvalue weighted by Gasteiger charge is -2.35. The van der Waals surface area contributed by atoms with E-state index in [9.17, 15) is 9.59 Å². The lowest BCUT2D eigenvalue weighted by Crippen LogP contribution is -2.54. The van der Waals surface area contributed by atoms with Crippen molar-refractivity contribution in [3.8, 4) is 5.75 Å². The summed E-state index contributed by atoms with van der Waals surface area (Å²) in [5.41, 5.74) is 5.17. The fraction of sp³-hybridized carbons (Fsp3) is 0.529. The number of rotatable bonds is 5. The van der Waals surface area contributed by atoms with Gasteiger partial charge in [0.15, 0.2) is 0 Å². The minimum Gasteiger partial charge on any atom is -0.490 e. The van der Waals surface area contributed by atoms with E-state index in [4.69, 9.17) is 22.1 Å². The van der Waals surface area contributed by atoms with E-state index >= 15 is 0 Å². The fourth-order valence-electron chi connectivity index (χ4n) is 2.76. The van der Waals surface area contributed by atoms with Crippen LogP contribution in [0.25, 0.3) is 0 Å². The van der Waals surface area contributed by atoms with Gasteiger partial charge in [-0.1, -0.05) is 25.4 Å². The second-order valence-corrected chi connectivity index (χ2v) is 6.76. The van der Waals surface area contributed by atoms with E-state index < -0.39 is 12.1 Å². The van der Waals surface area contributed by atoms with Gasteiger partial charge in [-0.2, -0.15) is 0 Å². The third-order valence-electron chi connectivity index (χ3n) is 4.10. The normalized spacial score (nSPS) is 16.8. The summed E-state index contributed by atoms with van der Waals surface area (Å²) in [6.45, 7) is 4.96. The van der Waals surface area contributed by atoms with Gasteiger partial charge in [0.1, 0.15) is 17.9 Å². The summed E-state index contributed by atoms with van der Waals surface area (Å²) < 4.78 is 5.92. The van der Waals surface area contributed by atoms with E-state index in [-0.39, 0.29) is 17.9 Å². The number of carbonyl (C=O) groups excluding carboxylic acids is 2. The number of hydrogen-bond donors (Lipinski definition) is 2. The number of benzene rings is 1. The van der Waals surface area contributed by atoms with Crippen molar-refractivity contribution in [3.63, 3.8) is 0 Å². The Kier molecular flexibility index (Phi) is 6.31. The summed E-state index contributed by atoms with van der Waals surface area (Å²) in [6.07, 6.45) is 1.56. The monoisotopic (exact) mass is 353 g/mol. The molecule has 1 aromatic carbocycles. The van der Waals surface area contributed by atoms with Gasteiger partial charge < -0.3 is 20.7 Å². The van der Waals surface area contributed by atoms with Crippen LogP contribution in [0.1, 0.15) is 26.7 Å². The van der Waals surface area contributed by atoms with E-state index in [1.165, 1.54) is 0 Å². The maximum atomic E-state index is 12.6. The van der Waals surface area contributed by atoms with Crippen molar-refractivity contribution in [2.75, 3.05) is 13.1 Å². The Morgan fingerprint density at radius 1 is 1.25 bits per heavy atom. The first-order valence-corrected chi connectivity index (χ1v) is 8.51. The standard InChI is InChI=1S/C17H24ClN3O3/c1-11(2)15(20-17(19)23)16(22)21-9-7-14(8-10-21)24-13-5-3-12(18)4-6-13/h3-6,11,14-15H,7-10H2,1-2H3,(H3,19,20,23)/t15-/m1/s1. The molecule has 7 heteroatoms. The number of nitrogens with two attached hydrogens (primary N) is 1. The van der Waals surface area contributed by atoms with Crippen LogP contribution >= 0.6 is 11.6 Å². The fourth-order valence-corrected chi connectivity index (χ4v) is 2.89. The number of nitrogens with one attached hydrogen (secondary N) is 1. The molecule has 0 aromatic heterocycles. The Balaban J connectivity index is 1.87. The van der Waals surface area contributed by atoms with Crippen LogP contribution in [0, 0.1) is 5.92 Å². The lowest BCUT2D eigenvalue weighted by atomic mass is 10.0. The van der Waals surface area contributed by atoms with Crippen molar-refractivity contribution in [2.24, 2.45) is 11.7 Å². The lowest BCUT2D eigenvalue weighted by molar-refractivity contribution is -0.136. The van der Waals surface area contributed by atoms with E-state index in [2.05, 4.69) is 5.32 Å². The molecule has 0 saturated carbocycles. The summed E-state index contributed by atoms with van der Waals surface area (Å²) in [4.78, 5) is 25.4. The van der Waals surface area contributed by atoms with Crippen molar-refractivity contribution in [2.45, 2.75) is 38.8 Å². The number of primary amides is 1. The number of likely N-dealkylation sites (tertiary alicyclic amines) is 1. The molecule has 24 heavy (non-hydrogen) atoms. The predicted octanol–water partition coefficient (Wildman–Crippen LogP) is 2.40. The zero-order valence-electron chi connectivity index (χ0n) is 14.0. The van der Waals surface area contributed by atoms with Crippen LogP contribution in [0.3, 0.4) is 0 Å². The Morgan fingerprint density at radius 3 is 2.33 bits per heavy atom. The summed E-state index contributed by atoms with van der Waals surface area (Å²) in [7, 11) is 0.